The summed E-state index contributed by atoms with van der Waals surface area (Å²) in [5.74, 6) is 0.904. The van der Waals surface area contributed by atoms with E-state index in [1.54, 1.807) is 7.11 Å². The van der Waals surface area contributed by atoms with Crippen molar-refractivity contribution in [1.29, 1.82) is 0 Å². The summed E-state index contributed by atoms with van der Waals surface area (Å²) in [6.45, 7) is 8.22. The van der Waals surface area contributed by atoms with Crippen LogP contribution in [0.3, 0.4) is 0 Å². The Bertz CT molecular complexity index is 425. The Kier molecular flexibility index (Phi) is 4.91. The summed E-state index contributed by atoms with van der Waals surface area (Å²) in [7, 11) is 1.70. The van der Waals surface area contributed by atoms with Gasteiger partial charge in [0.2, 0.25) is 0 Å². The maximum atomic E-state index is 5.27. The van der Waals surface area contributed by atoms with Crippen LogP contribution in [-0.4, -0.2) is 25.1 Å². The highest BCUT2D eigenvalue weighted by Crippen LogP contribution is 2.34. The summed E-state index contributed by atoms with van der Waals surface area (Å²) >= 11 is 3.56. The molecule has 19 heavy (non-hydrogen) atoms. The average molecular weight is 326 g/mol. The molecule has 0 aliphatic carbocycles. The fourth-order valence-corrected chi connectivity index (χ4v) is 3.26. The standard InChI is InChI=1S/C16H24BrNO/c1-4-16(2)7-9-18(10-8-16)12-13-5-6-15(19-3)14(17)11-13/h5-6,11H,4,7-10,12H2,1-3H3. The van der Waals surface area contributed by atoms with Gasteiger partial charge in [-0.1, -0.05) is 26.3 Å². The molecule has 0 saturated carbocycles. The monoisotopic (exact) mass is 325 g/mol. The van der Waals surface area contributed by atoms with E-state index in [-0.39, 0.29) is 0 Å². The first-order valence-electron chi connectivity index (χ1n) is 7.11. The molecule has 1 saturated heterocycles. The maximum Gasteiger partial charge on any atom is 0.133 e. The zero-order chi connectivity index (χ0) is 13.9. The number of methoxy groups -OCH3 is 1. The lowest BCUT2D eigenvalue weighted by atomic mass is 9.78. The highest BCUT2D eigenvalue weighted by molar-refractivity contribution is 9.10. The smallest absolute Gasteiger partial charge is 0.133 e. The van der Waals surface area contributed by atoms with Crippen molar-refractivity contribution in [2.45, 2.75) is 39.7 Å². The van der Waals surface area contributed by atoms with Crippen LogP contribution in [0.4, 0.5) is 0 Å². The fraction of sp³-hybridized carbons (Fsp3) is 0.625. The van der Waals surface area contributed by atoms with E-state index in [1.165, 1.54) is 37.9 Å². The van der Waals surface area contributed by atoms with Gasteiger partial charge >= 0.3 is 0 Å². The van der Waals surface area contributed by atoms with Crippen molar-refractivity contribution in [3.8, 4) is 5.75 Å². The molecule has 0 unspecified atom stereocenters. The van der Waals surface area contributed by atoms with Crippen molar-refractivity contribution >= 4 is 15.9 Å². The number of likely N-dealkylation sites (tertiary alicyclic amines) is 1. The van der Waals surface area contributed by atoms with E-state index >= 15 is 0 Å². The Hall–Kier alpha value is -0.540. The van der Waals surface area contributed by atoms with Crippen LogP contribution in [0.2, 0.25) is 0 Å². The lowest BCUT2D eigenvalue weighted by Crippen LogP contribution is -2.37. The number of nitrogens with zero attached hydrogens (tertiary/aromatic N) is 1. The molecule has 106 valence electrons. The summed E-state index contributed by atoms with van der Waals surface area (Å²) in [5.41, 5.74) is 1.92. The zero-order valence-corrected chi connectivity index (χ0v) is 13.8. The summed E-state index contributed by atoms with van der Waals surface area (Å²) in [5, 5.41) is 0. The van der Waals surface area contributed by atoms with E-state index in [2.05, 4.69) is 46.8 Å². The van der Waals surface area contributed by atoms with E-state index in [4.69, 9.17) is 4.74 Å². The Labute approximate surface area is 125 Å². The van der Waals surface area contributed by atoms with Gasteiger partial charge in [0.25, 0.3) is 0 Å². The van der Waals surface area contributed by atoms with Crippen LogP contribution in [-0.2, 0) is 6.54 Å². The number of rotatable bonds is 4. The van der Waals surface area contributed by atoms with Crippen LogP contribution in [0.1, 0.15) is 38.7 Å². The molecule has 0 bridgehead atoms. The lowest BCUT2D eigenvalue weighted by molar-refractivity contribution is 0.109. The van der Waals surface area contributed by atoms with Crippen LogP contribution in [0, 0.1) is 5.41 Å². The number of benzene rings is 1. The molecule has 0 spiro atoms. The maximum absolute atomic E-state index is 5.27. The molecule has 1 heterocycles. The van der Waals surface area contributed by atoms with Gasteiger partial charge in [-0.3, -0.25) is 4.90 Å². The normalized spacial score (nSPS) is 19.4. The Morgan fingerprint density at radius 2 is 2.00 bits per heavy atom. The van der Waals surface area contributed by atoms with Gasteiger partial charge in [-0.25, -0.2) is 0 Å². The van der Waals surface area contributed by atoms with Gasteiger partial charge in [-0.15, -0.1) is 0 Å². The van der Waals surface area contributed by atoms with Gasteiger partial charge in [0, 0.05) is 6.54 Å². The molecule has 0 radical (unpaired) electrons. The van der Waals surface area contributed by atoms with Crippen molar-refractivity contribution in [2.75, 3.05) is 20.2 Å². The van der Waals surface area contributed by atoms with Crippen molar-refractivity contribution in [3.05, 3.63) is 28.2 Å². The molecular weight excluding hydrogens is 302 g/mol. The molecule has 1 aromatic rings. The first-order valence-corrected chi connectivity index (χ1v) is 7.90. The third-order valence-corrected chi connectivity index (χ3v) is 5.16. The van der Waals surface area contributed by atoms with E-state index in [0.29, 0.717) is 5.41 Å². The molecule has 1 fully saturated rings. The summed E-state index contributed by atoms with van der Waals surface area (Å²) in [6.07, 6.45) is 3.94. The second kappa shape index (κ2) is 6.27. The van der Waals surface area contributed by atoms with Gasteiger partial charge in [0.1, 0.15) is 5.75 Å². The summed E-state index contributed by atoms with van der Waals surface area (Å²) < 4.78 is 6.32. The predicted molar refractivity (Wildman–Crippen MR) is 83.6 cm³/mol. The van der Waals surface area contributed by atoms with Crippen LogP contribution >= 0.6 is 15.9 Å². The van der Waals surface area contributed by atoms with Gasteiger partial charge in [0.15, 0.2) is 0 Å². The minimum Gasteiger partial charge on any atom is -0.496 e. The van der Waals surface area contributed by atoms with E-state index in [0.717, 1.165) is 16.8 Å². The Balaban J connectivity index is 1.94. The first kappa shape index (κ1) is 14.9. The summed E-state index contributed by atoms with van der Waals surface area (Å²) in [6, 6.07) is 6.38. The quantitative estimate of drug-likeness (QED) is 0.809. The van der Waals surface area contributed by atoms with Crippen LogP contribution in [0.25, 0.3) is 0 Å². The van der Waals surface area contributed by atoms with Gasteiger partial charge in [0.05, 0.1) is 11.6 Å². The molecule has 0 aromatic heterocycles. The highest BCUT2D eigenvalue weighted by Gasteiger charge is 2.28. The average Bonchev–Trinajstić information content (AvgIpc) is 2.42. The van der Waals surface area contributed by atoms with Gasteiger partial charge in [-0.2, -0.15) is 0 Å². The molecule has 0 atom stereocenters. The number of piperidine rings is 1. The van der Waals surface area contributed by atoms with Gasteiger partial charge < -0.3 is 4.74 Å². The Morgan fingerprint density at radius 3 is 2.53 bits per heavy atom. The molecule has 1 aliphatic rings. The SMILES string of the molecule is CCC1(C)CCN(Cc2ccc(OC)c(Br)c2)CC1. The molecule has 2 rings (SSSR count). The number of hydrogen-bond acceptors (Lipinski definition) is 2. The second-order valence-electron chi connectivity index (χ2n) is 5.91. The zero-order valence-electron chi connectivity index (χ0n) is 12.2. The molecule has 0 N–H and O–H groups in total. The van der Waals surface area contributed by atoms with E-state index < -0.39 is 0 Å². The predicted octanol–water partition coefficient (Wildman–Crippen LogP) is 4.47. The highest BCUT2D eigenvalue weighted by atomic mass is 79.9. The molecule has 1 aromatic carbocycles. The molecular formula is C16H24BrNO. The minimum atomic E-state index is 0.566. The van der Waals surface area contributed by atoms with Crippen molar-refractivity contribution in [3.63, 3.8) is 0 Å². The van der Waals surface area contributed by atoms with Crippen molar-refractivity contribution in [2.24, 2.45) is 5.41 Å². The molecule has 1 aliphatic heterocycles. The Morgan fingerprint density at radius 1 is 1.32 bits per heavy atom. The third-order valence-electron chi connectivity index (χ3n) is 4.54. The van der Waals surface area contributed by atoms with Crippen molar-refractivity contribution < 1.29 is 4.74 Å². The number of halogens is 1. The minimum absolute atomic E-state index is 0.566. The first-order chi connectivity index (χ1) is 9.06. The van der Waals surface area contributed by atoms with E-state index in [9.17, 15) is 0 Å². The molecule has 0 amide bonds. The van der Waals surface area contributed by atoms with Gasteiger partial charge in [-0.05, 0) is 65.0 Å². The lowest BCUT2D eigenvalue weighted by Gasteiger charge is -2.39. The number of ether oxygens (including phenoxy) is 1. The number of hydrogen-bond donors (Lipinski definition) is 0. The largest absolute Gasteiger partial charge is 0.496 e. The van der Waals surface area contributed by atoms with Crippen molar-refractivity contribution in [1.82, 2.24) is 4.90 Å². The third kappa shape index (κ3) is 3.73. The van der Waals surface area contributed by atoms with E-state index in [1.807, 2.05) is 6.07 Å². The molecule has 2 nitrogen and oxygen atoms in total. The molecule has 3 heteroatoms. The van der Waals surface area contributed by atoms with Crippen LogP contribution in [0.5, 0.6) is 5.75 Å². The van der Waals surface area contributed by atoms with Crippen LogP contribution in [0.15, 0.2) is 22.7 Å². The topological polar surface area (TPSA) is 12.5 Å². The second-order valence-corrected chi connectivity index (χ2v) is 6.76. The fourth-order valence-electron chi connectivity index (χ4n) is 2.67. The van der Waals surface area contributed by atoms with Crippen LogP contribution < -0.4 is 4.74 Å². The summed E-state index contributed by atoms with van der Waals surface area (Å²) in [4.78, 5) is 2.56.